The smallest absolute Gasteiger partial charge is 0.309 e. The summed E-state index contributed by atoms with van der Waals surface area (Å²) in [4.78, 5) is 27.8. The van der Waals surface area contributed by atoms with Gasteiger partial charge in [-0.25, -0.2) is 0 Å². The molecule has 0 N–H and O–H groups in total. The summed E-state index contributed by atoms with van der Waals surface area (Å²) in [6.45, 7) is 11.1. The van der Waals surface area contributed by atoms with Crippen molar-refractivity contribution in [3.05, 3.63) is 58.9 Å². The lowest BCUT2D eigenvalue weighted by molar-refractivity contribution is -0.151. The lowest BCUT2D eigenvalue weighted by Gasteiger charge is -2.30. The van der Waals surface area contributed by atoms with Crippen molar-refractivity contribution in [2.24, 2.45) is 5.92 Å². The summed E-state index contributed by atoms with van der Waals surface area (Å²) in [5.74, 6) is 0.140. The third kappa shape index (κ3) is 6.59. The van der Waals surface area contributed by atoms with Gasteiger partial charge in [-0.05, 0) is 77.1 Å². The minimum atomic E-state index is -0.0781. The molecule has 2 aliphatic rings. The second-order valence-electron chi connectivity index (χ2n) is 9.51. The molecule has 34 heavy (non-hydrogen) atoms. The van der Waals surface area contributed by atoms with Gasteiger partial charge in [0.1, 0.15) is 6.61 Å². The summed E-state index contributed by atoms with van der Waals surface area (Å²) in [5, 5.41) is 0. The monoisotopic (exact) mass is 466 g/mol. The highest BCUT2D eigenvalue weighted by molar-refractivity contribution is 5.99. The first-order chi connectivity index (χ1) is 16.5. The minimum absolute atomic E-state index is 0.0219. The van der Waals surface area contributed by atoms with Crippen LogP contribution >= 0.6 is 0 Å². The molecule has 2 heterocycles. The minimum Gasteiger partial charge on any atom is -0.461 e. The number of esters is 1. The van der Waals surface area contributed by atoms with E-state index < -0.39 is 0 Å². The number of carbonyl (C=O) groups excluding carboxylic acids is 2. The lowest BCUT2D eigenvalue weighted by Crippen LogP contribution is -2.34. The zero-order valence-corrected chi connectivity index (χ0v) is 21.5. The van der Waals surface area contributed by atoms with Gasteiger partial charge in [-0.15, -0.1) is 0 Å². The maximum atomic E-state index is 13.0. The molecule has 1 saturated carbocycles. The Bertz CT molecular complexity index is 920. The van der Waals surface area contributed by atoms with Crippen LogP contribution in [0.15, 0.2) is 36.4 Å². The van der Waals surface area contributed by atoms with E-state index in [9.17, 15) is 9.59 Å². The van der Waals surface area contributed by atoms with E-state index in [1.54, 1.807) is 0 Å². The first-order valence-electron chi connectivity index (χ1n) is 13.2. The number of piperidine rings is 1. The predicted molar refractivity (Wildman–Crippen MR) is 137 cm³/mol. The first kappa shape index (κ1) is 26.2. The maximum Gasteiger partial charge on any atom is 0.309 e. The molecule has 186 valence electrons. The average Bonchev–Trinajstić information content (AvgIpc) is 3.19. The van der Waals surface area contributed by atoms with Gasteiger partial charge in [0.15, 0.2) is 5.78 Å². The van der Waals surface area contributed by atoms with E-state index in [1.807, 2.05) is 44.2 Å². The summed E-state index contributed by atoms with van der Waals surface area (Å²) < 4.78 is 7.91. The number of nitrogens with zero attached hydrogens (tertiary/aromatic N) is 2. The molecule has 0 radical (unpaired) electrons. The summed E-state index contributed by atoms with van der Waals surface area (Å²) in [6.07, 6.45) is 7.25. The second kappa shape index (κ2) is 12.9. The SMILES string of the molecule is CC.Cc1cc(C(=O)CN2CCCCC2)c(C)n1C1CCC(C(=O)OCc2ccccc2)CC1. The van der Waals surface area contributed by atoms with Gasteiger partial charge in [-0.3, -0.25) is 14.5 Å². The van der Waals surface area contributed by atoms with Crippen LogP contribution in [-0.4, -0.2) is 40.9 Å². The fourth-order valence-corrected chi connectivity index (χ4v) is 5.44. The molecule has 2 aromatic rings. The summed E-state index contributed by atoms with van der Waals surface area (Å²) in [6, 6.07) is 12.3. The van der Waals surface area contributed by atoms with Crippen molar-refractivity contribution < 1.29 is 14.3 Å². The Morgan fingerprint density at radius 1 is 0.941 bits per heavy atom. The van der Waals surface area contributed by atoms with Crippen LogP contribution in [-0.2, 0) is 16.1 Å². The maximum absolute atomic E-state index is 13.0. The summed E-state index contributed by atoms with van der Waals surface area (Å²) in [5.41, 5.74) is 4.13. The van der Waals surface area contributed by atoms with E-state index in [0.29, 0.717) is 19.2 Å². The van der Waals surface area contributed by atoms with Gasteiger partial charge in [-0.2, -0.15) is 0 Å². The largest absolute Gasteiger partial charge is 0.461 e. The molecule has 2 fully saturated rings. The van der Waals surface area contributed by atoms with Gasteiger partial charge in [0.25, 0.3) is 0 Å². The number of likely N-dealkylation sites (tertiary alicyclic amines) is 1. The molecule has 1 aliphatic carbocycles. The molecule has 1 aromatic heterocycles. The van der Waals surface area contributed by atoms with Crippen LogP contribution in [0.1, 0.15) is 92.1 Å². The van der Waals surface area contributed by atoms with Crippen LogP contribution in [0.2, 0.25) is 0 Å². The van der Waals surface area contributed by atoms with Crippen LogP contribution in [0.3, 0.4) is 0 Å². The zero-order chi connectivity index (χ0) is 24.5. The molecule has 0 atom stereocenters. The lowest BCUT2D eigenvalue weighted by atomic mass is 9.85. The summed E-state index contributed by atoms with van der Waals surface area (Å²) >= 11 is 0. The molecule has 4 rings (SSSR count). The first-order valence-corrected chi connectivity index (χ1v) is 13.2. The van der Waals surface area contributed by atoms with Gasteiger partial charge in [0, 0.05) is 23.0 Å². The van der Waals surface area contributed by atoms with Crippen LogP contribution in [0, 0.1) is 19.8 Å². The van der Waals surface area contributed by atoms with Gasteiger partial charge in [-0.1, -0.05) is 50.6 Å². The molecule has 0 bridgehead atoms. The van der Waals surface area contributed by atoms with Crippen molar-refractivity contribution in [1.82, 2.24) is 9.47 Å². The highest BCUT2D eigenvalue weighted by atomic mass is 16.5. The van der Waals surface area contributed by atoms with Crippen molar-refractivity contribution in [1.29, 1.82) is 0 Å². The Morgan fingerprint density at radius 3 is 2.24 bits per heavy atom. The van der Waals surface area contributed by atoms with E-state index in [2.05, 4.69) is 29.4 Å². The quantitative estimate of drug-likeness (QED) is 0.356. The van der Waals surface area contributed by atoms with E-state index >= 15 is 0 Å². The second-order valence-corrected chi connectivity index (χ2v) is 9.51. The number of aromatic nitrogens is 1. The molecule has 0 amide bonds. The van der Waals surface area contributed by atoms with Gasteiger partial charge >= 0.3 is 5.97 Å². The molecule has 1 aromatic carbocycles. The van der Waals surface area contributed by atoms with Crippen LogP contribution in [0.25, 0.3) is 0 Å². The number of hydrogen-bond acceptors (Lipinski definition) is 4. The van der Waals surface area contributed by atoms with Crippen LogP contribution in [0.5, 0.6) is 0 Å². The number of carbonyl (C=O) groups is 2. The van der Waals surface area contributed by atoms with E-state index in [0.717, 1.165) is 61.3 Å². The number of Topliss-reactive ketones (excluding diaryl/α,β-unsaturated/α-hetero) is 1. The van der Waals surface area contributed by atoms with Gasteiger partial charge in [0.2, 0.25) is 0 Å². The van der Waals surface area contributed by atoms with Crippen LogP contribution in [0.4, 0.5) is 0 Å². The molecule has 1 saturated heterocycles. The molecule has 0 spiro atoms. The summed E-state index contributed by atoms with van der Waals surface area (Å²) in [7, 11) is 0. The number of hydrogen-bond donors (Lipinski definition) is 0. The van der Waals surface area contributed by atoms with Crippen molar-refractivity contribution in [2.45, 2.75) is 85.3 Å². The van der Waals surface area contributed by atoms with Crippen molar-refractivity contribution in [3.8, 4) is 0 Å². The molecule has 0 unspecified atom stereocenters. The Balaban J connectivity index is 0.00000158. The van der Waals surface area contributed by atoms with E-state index in [4.69, 9.17) is 4.74 Å². The Morgan fingerprint density at radius 2 is 1.59 bits per heavy atom. The third-order valence-electron chi connectivity index (χ3n) is 7.22. The fraction of sp³-hybridized carbons (Fsp3) is 0.586. The highest BCUT2D eigenvalue weighted by Gasteiger charge is 2.30. The predicted octanol–water partition coefficient (Wildman–Crippen LogP) is 6.27. The molecule has 5 heteroatoms. The number of ether oxygens (including phenoxy) is 1. The van der Waals surface area contributed by atoms with E-state index in [-0.39, 0.29) is 17.7 Å². The fourth-order valence-electron chi connectivity index (χ4n) is 5.44. The third-order valence-corrected chi connectivity index (χ3v) is 7.22. The highest BCUT2D eigenvalue weighted by Crippen LogP contribution is 2.36. The zero-order valence-electron chi connectivity index (χ0n) is 21.5. The van der Waals surface area contributed by atoms with Gasteiger partial charge < -0.3 is 9.30 Å². The van der Waals surface area contributed by atoms with Gasteiger partial charge in [0.05, 0.1) is 12.5 Å². The van der Waals surface area contributed by atoms with Crippen molar-refractivity contribution in [3.63, 3.8) is 0 Å². The van der Waals surface area contributed by atoms with Crippen LogP contribution < -0.4 is 0 Å². The molecular formula is C29H42N2O3. The topological polar surface area (TPSA) is 51.5 Å². The number of aryl methyl sites for hydroxylation is 1. The van der Waals surface area contributed by atoms with Crippen molar-refractivity contribution in [2.75, 3.05) is 19.6 Å². The molecular weight excluding hydrogens is 424 g/mol. The van der Waals surface area contributed by atoms with Crippen molar-refractivity contribution >= 4 is 11.8 Å². The Labute approximate surface area is 205 Å². The number of benzene rings is 1. The molecule has 5 nitrogen and oxygen atoms in total. The Kier molecular flexibility index (Phi) is 9.94. The average molecular weight is 467 g/mol. The standard InChI is InChI=1S/C27H36N2O3.C2H6/c1-20-17-25(26(30)18-28-15-7-4-8-16-28)21(2)29(20)24-13-11-23(12-14-24)27(31)32-19-22-9-5-3-6-10-22;1-2/h3,5-6,9-10,17,23-24H,4,7-8,11-16,18-19H2,1-2H3;1-2H3. The van der Waals surface area contributed by atoms with E-state index in [1.165, 1.54) is 19.3 Å². The molecule has 1 aliphatic heterocycles. The normalized spacial score (nSPS) is 20.8. The number of rotatable bonds is 7. The Hall–Kier alpha value is -2.40. The number of ketones is 1.